The first-order valence-corrected chi connectivity index (χ1v) is 3.36. The molecule has 0 spiro atoms. The summed E-state index contributed by atoms with van der Waals surface area (Å²) < 4.78 is 34.8. The smallest absolute Gasteiger partial charge is 0.458 e. The van der Waals surface area contributed by atoms with E-state index in [4.69, 9.17) is 5.11 Å². The van der Waals surface area contributed by atoms with Crippen molar-refractivity contribution in [2.45, 2.75) is 6.18 Å². The van der Waals surface area contributed by atoms with Crippen LogP contribution >= 0.6 is 0 Å². The maximum absolute atomic E-state index is 11.6. The molecule has 0 heterocycles. The molecule has 0 saturated carbocycles. The molecule has 13 heavy (non-hydrogen) atoms. The summed E-state index contributed by atoms with van der Waals surface area (Å²) in [5.74, 6) is 3.05. The molecule has 1 N–H and O–H groups in total. The van der Waals surface area contributed by atoms with Gasteiger partial charge in [-0.1, -0.05) is 5.92 Å². The second-order valence-corrected chi connectivity index (χ2v) is 2.29. The summed E-state index contributed by atoms with van der Waals surface area (Å²) in [4.78, 5) is 0. The van der Waals surface area contributed by atoms with Gasteiger partial charge in [-0.05, 0) is 24.3 Å². The van der Waals surface area contributed by atoms with Crippen LogP contribution < -0.4 is 0 Å². The summed E-state index contributed by atoms with van der Waals surface area (Å²) in [5.41, 5.74) is 0.218. The van der Waals surface area contributed by atoms with Crippen LogP contribution in [-0.2, 0) is 0 Å². The number of hydrogen-bond acceptors (Lipinski definition) is 1. The molecule has 0 fully saturated rings. The number of benzene rings is 1. The largest absolute Gasteiger partial charge is 0.508 e. The third-order valence-corrected chi connectivity index (χ3v) is 1.22. The lowest BCUT2D eigenvalue weighted by Gasteiger charge is -1.93. The van der Waals surface area contributed by atoms with E-state index in [1.807, 2.05) is 5.92 Å². The number of phenolic OH excluding ortho intramolecular Hbond substituents is 1. The lowest BCUT2D eigenvalue weighted by atomic mass is 10.2. The third-order valence-electron chi connectivity index (χ3n) is 1.22. The molecule has 0 aliphatic carbocycles. The highest BCUT2D eigenvalue weighted by atomic mass is 19.4. The van der Waals surface area contributed by atoms with Crippen LogP contribution in [0.15, 0.2) is 24.3 Å². The number of phenols is 1. The molecule has 0 aliphatic rings. The first-order valence-electron chi connectivity index (χ1n) is 3.36. The highest BCUT2D eigenvalue weighted by Crippen LogP contribution is 2.13. The maximum Gasteiger partial charge on any atom is 0.458 e. The van der Waals surface area contributed by atoms with Gasteiger partial charge >= 0.3 is 6.18 Å². The molecule has 0 amide bonds. The number of rotatable bonds is 0. The maximum atomic E-state index is 11.6. The van der Waals surface area contributed by atoms with Gasteiger partial charge in [0.2, 0.25) is 0 Å². The average molecular weight is 186 g/mol. The van der Waals surface area contributed by atoms with E-state index in [2.05, 4.69) is 0 Å². The van der Waals surface area contributed by atoms with Crippen LogP contribution in [0.2, 0.25) is 0 Å². The highest BCUT2D eigenvalue weighted by molar-refractivity contribution is 5.38. The summed E-state index contributed by atoms with van der Waals surface area (Å²) in [6.07, 6.45) is -4.47. The Balaban J connectivity index is 2.85. The standard InChI is InChI=1S/C9H5F3O/c10-9(11,12)6-5-7-1-3-8(13)4-2-7/h1-4,13H. The fourth-order valence-corrected chi connectivity index (χ4v) is 0.688. The zero-order valence-electron chi connectivity index (χ0n) is 6.39. The number of hydrogen-bond donors (Lipinski definition) is 1. The molecule has 1 rings (SSSR count). The van der Waals surface area contributed by atoms with Gasteiger partial charge in [0.25, 0.3) is 0 Å². The number of alkyl halides is 3. The third kappa shape index (κ3) is 3.52. The van der Waals surface area contributed by atoms with Crippen molar-refractivity contribution in [1.29, 1.82) is 0 Å². The van der Waals surface area contributed by atoms with Gasteiger partial charge in [-0.2, -0.15) is 13.2 Å². The summed E-state index contributed by atoms with van der Waals surface area (Å²) in [7, 11) is 0. The van der Waals surface area contributed by atoms with Crippen LogP contribution in [0, 0.1) is 11.8 Å². The van der Waals surface area contributed by atoms with Crippen molar-refractivity contribution in [3.05, 3.63) is 29.8 Å². The quantitative estimate of drug-likeness (QED) is 0.616. The van der Waals surface area contributed by atoms with Crippen LogP contribution in [-0.4, -0.2) is 11.3 Å². The van der Waals surface area contributed by atoms with Gasteiger partial charge in [-0.15, -0.1) is 0 Å². The SMILES string of the molecule is Oc1ccc(C#CC(F)(F)F)cc1. The van der Waals surface area contributed by atoms with E-state index in [-0.39, 0.29) is 11.3 Å². The van der Waals surface area contributed by atoms with Gasteiger partial charge in [0.15, 0.2) is 0 Å². The van der Waals surface area contributed by atoms with Gasteiger partial charge < -0.3 is 5.11 Å². The second-order valence-electron chi connectivity index (χ2n) is 2.29. The molecular weight excluding hydrogens is 181 g/mol. The van der Waals surface area contributed by atoms with E-state index in [0.29, 0.717) is 0 Å². The fourth-order valence-electron chi connectivity index (χ4n) is 0.688. The molecule has 4 heteroatoms. The molecule has 0 bridgehead atoms. The Kier molecular flexibility index (Phi) is 2.47. The van der Waals surface area contributed by atoms with Crippen molar-refractivity contribution in [3.8, 4) is 17.6 Å². The first kappa shape index (κ1) is 9.46. The summed E-state index contributed by atoms with van der Waals surface area (Å²) in [5, 5.41) is 8.81. The van der Waals surface area contributed by atoms with Crippen molar-refractivity contribution in [2.75, 3.05) is 0 Å². The minimum absolute atomic E-state index is 0.00226. The van der Waals surface area contributed by atoms with Crippen LogP contribution in [0.5, 0.6) is 5.75 Å². The summed E-state index contributed by atoms with van der Waals surface area (Å²) in [6, 6.07) is 5.18. The minimum atomic E-state index is -4.47. The topological polar surface area (TPSA) is 20.2 Å². The van der Waals surface area contributed by atoms with E-state index in [0.717, 1.165) is 5.92 Å². The van der Waals surface area contributed by atoms with Crippen molar-refractivity contribution >= 4 is 0 Å². The number of aromatic hydroxyl groups is 1. The minimum Gasteiger partial charge on any atom is -0.508 e. The lowest BCUT2D eigenvalue weighted by molar-refractivity contribution is -0.0696. The van der Waals surface area contributed by atoms with Gasteiger partial charge in [0, 0.05) is 11.5 Å². The summed E-state index contributed by atoms with van der Waals surface area (Å²) >= 11 is 0. The Morgan fingerprint density at radius 3 is 2.08 bits per heavy atom. The van der Waals surface area contributed by atoms with Gasteiger partial charge in [0.1, 0.15) is 5.75 Å². The molecule has 0 saturated heterocycles. The Morgan fingerprint density at radius 1 is 1.08 bits per heavy atom. The zero-order valence-corrected chi connectivity index (χ0v) is 6.39. The molecule has 1 aromatic rings. The van der Waals surface area contributed by atoms with Gasteiger partial charge in [-0.3, -0.25) is 0 Å². The van der Waals surface area contributed by atoms with E-state index < -0.39 is 6.18 Å². The average Bonchev–Trinajstić information content (AvgIpc) is 2.02. The van der Waals surface area contributed by atoms with Crippen molar-refractivity contribution in [3.63, 3.8) is 0 Å². The Bertz CT molecular complexity index is 340. The predicted octanol–water partition coefficient (Wildman–Crippen LogP) is 2.31. The van der Waals surface area contributed by atoms with E-state index >= 15 is 0 Å². The van der Waals surface area contributed by atoms with E-state index in [9.17, 15) is 13.2 Å². The molecule has 1 aromatic carbocycles. The monoisotopic (exact) mass is 186 g/mol. The predicted molar refractivity (Wildman–Crippen MR) is 41.0 cm³/mol. The molecule has 0 aliphatic heterocycles. The van der Waals surface area contributed by atoms with Crippen molar-refractivity contribution in [2.24, 2.45) is 0 Å². The Morgan fingerprint density at radius 2 is 1.62 bits per heavy atom. The van der Waals surface area contributed by atoms with Crippen LogP contribution in [0.4, 0.5) is 13.2 Å². The Hall–Kier alpha value is -1.63. The molecule has 0 atom stereocenters. The lowest BCUT2D eigenvalue weighted by Crippen LogP contribution is -2.01. The van der Waals surface area contributed by atoms with Gasteiger partial charge in [0.05, 0.1) is 0 Å². The molecule has 0 radical (unpaired) electrons. The molecule has 0 unspecified atom stereocenters. The van der Waals surface area contributed by atoms with E-state index in [1.54, 1.807) is 0 Å². The van der Waals surface area contributed by atoms with Crippen molar-refractivity contribution < 1.29 is 18.3 Å². The highest BCUT2D eigenvalue weighted by Gasteiger charge is 2.22. The van der Waals surface area contributed by atoms with Gasteiger partial charge in [-0.25, -0.2) is 0 Å². The molecule has 1 nitrogen and oxygen atoms in total. The van der Waals surface area contributed by atoms with E-state index in [1.165, 1.54) is 24.3 Å². The fraction of sp³-hybridized carbons (Fsp3) is 0.111. The normalized spacial score (nSPS) is 10.4. The first-order chi connectivity index (χ1) is 5.97. The second kappa shape index (κ2) is 3.40. The molecule has 0 aromatic heterocycles. The summed E-state index contributed by atoms with van der Waals surface area (Å²) in [6.45, 7) is 0. The molecule has 68 valence electrons. The van der Waals surface area contributed by atoms with Crippen LogP contribution in [0.3, 0.4) is 0 Å². The Labute approximate surface area is 72.8 Å². The van der Waals surface area contributed by atoms with Crippen molar-refractivity contribution in [1.82, 2.24) is 0 Å². The molecular formula is C9H5F3O. The number of halogens is 3. The zero-order chi connectivity index (χ0) is 9.90. The van der Waals surface area contributed by atoms with Crippen LogP contribution in [0.25, 0.3) is 0 Å². The van der Waals surface area contributed by atoms with Crippen LogP contribution in [0.1, 0.15) is 5.56 Å².